The summed E-state index contributed by atoms with van der Waals surface area (Å²) in [5.74, 6) is 3.05. The molecule has 3 heterocycles. The molecule has 1 aliphatic heterocycles. The largest absolute Gasteiger partial charge is 0.493 e. The lowest BCUT2D eigenvalue weighted by Crippen LogP contribution is -2.36. The lowest BCUT2D eigenvalue weighted by Gasteiger charge is -2.29. The van der Waals surface area contributed by atoms with Crippen LogP contribution in [0.2, 0.25) is 0 Å². The first-order valence-corrected chi connectivity index (χ1v) is 11.1. The van der Waals surface area contributed by atoms with Crippen LogP contribution in [0.15, 0.2) is 40.9 Å². The number of hydrogen-bond donors (Lipinski definition) is 1. The molecule has 2 aromatic carbocycles. The first-order chi connectivity index (χ1) is 16.6. The first-order valence-electron chi connectivity index (χ1n) is 11.1. The number of methoxy groups -OCH3 is 2. The van der Waals surface area contributed by atoms with Crippen molar-refractivity contribution in [2.24, 2.45) is 0 Å². The van der Waals surface area contributed by atoms with E-state index >= 15 is 0 Å². The molecule has 2 aromatic heterocycles. The molecule has 0 aliphatic carbocycles. The van der Waals surface area contributed by atoms with E-state index in [0.717, 1.165) is 54.2 Å². The molecule has 0 unspecified atom stereocenters. The highest BCUT2D eigenvalue weighted by molar-refractivity contribution is 5.94. The van der Waals surface area contributed by atoms with Crippen molar-refractivity contribution >= 4 is 28.1 Å². The van der Waals surface area contributed by atoms with Crippen LogP contribution in [-0.4, -0.2) is 55.6 Å². The van der Waals surface area contributed by atoms with Gasteiger partial charge < -0.3 is 29.0 Å². The molecule has 1 N–H and O–H groups in total. The molecular formula is C25H27N5O4. The van der Waals surface area contributed by atoms with Crippen LogP contribution < -0.4 is 19.7 Å². The maximum absolute atomic E-state index is 5.52. The SMILES string of the molecule is COc1cc2nc(-c3c(C)noc3C)nc(Nc3ccc(N4CCOCC4)cc3)c2cc1OC. The van der Waals surface area contributed by atoms with Crippen molar-refractivity contribution in [2.45, 2.75) is 13.8 Å². The molecule has 1 fully saturated rings. The van der Waals surface area contributed by atoms with Crippen LogP contribution in [-0.2, 0) is 4.74 Å². The Morgan fingerprint density at radius 2 is 1.65 bits per heavy atom. The lowest BCUT2D eigenvalue weighted by atomic mass is 10.1. The minimum absolute atomic E-state index is 0.531. The van der Waals surface area contributed by atoms with Crippen molar-refractivity contribution in [1.82, 2.24) is 15.1 Å². The average molecular weight is 462 g/mol. The monoisotopic (exact) mass is 461 g/mol. The van der Waals surface area contributed by atoms with E-state index in [9.17, 15) is 0 Å². The van der Waals surface area contributed by atoms with E-state index < -0.39 is 0 Å². The van der Waals surface area contributed by atoms with Gasteiger partial charge in [-0.3, -0.25) is 0 Å². The Balaban J connectivity index is 1.58. The van der Waals surface area contributed by atoms with Crippen molar-refractivity contribution < 1.29 is 18.7 Å². The van der Waals surface area contributed by atoms with Gasteiger partial charge in [0.2, 0.25) is 0 Å². The van der Waals surface area contributed by atoms with Gasteiger partial charge in [0.15, 0.2) is 17.3 Å². The molecule has 9 heteroatoms. The van der Waals surface area contributed by atoms with Gasteiger partial charge in [0.25, 0.3) is 0 Å². The summed E-state index contributed by atoms with van der Waals surface area (Å²) in [5.41, 5.74) is 4.32. The van der Waals surface area contributed by atoms with E-state index in [1.165, 1.54) is 5.69 Å². The zero-order valence-electron chi connectivity index (χ0n) is 19.7. The van der Waals surface area contributed by atoms with Crippen LogP contribution in [0.4, 0.5) is 17.2 Å². The number of nitrogens with one attached hydrogen (secondary N) is 1. The predicted molar refractivity (Wildman–Crippen MR) is 130 cm³/mol. The smallest absolute Gasteiger partial charge is 0.167 e. The van der Waals surface area contributed by atoms with Gasteiger partial charge >= 0.3 is 0 Å². The minimum Gasteiger partial charge on any atom is -0.493 e. The Morgan fingerprint density at radius 3 is 2.29 bits per heavy atom. The van der Waals surface area contributed by atoms with E-state index in [-0.39, 0.29) is 0 Å². The van der Waals surface area contributed by atoms with E-state index in [1.807, 2.05) is 26.0 Å². The lowest BCUT2D eigenvalue weighted by molar-refractivity contribution is 0.122. The zero-order chi connectivity index (χ0) is 23.7. The maximum atomic E-state index is 5.52. The maximum Gasteiger partial charge on any atom is 0.167 e. The summed E-state index contributed by atoms with van der Waals surface area (Å²) in [4.78, 5) is 12.0. The van der Waals surface area contributed by atoms with Crippen molar-refractivity contribution in [3.05, 3.63) is 47.9 Å². The molecule has 176 valence electrons. The van der Waals surface area contributed by atoms with Crippen molar-refractivity contribution in [3.8, 4) is 22.9 Å². The third kappa shape index (κ3) is 4.10. The second-order valence-electron chi connectivity index (χ2n) is 8.09. The fourth-order valence-corrected chi connectivity index (χ4v) is 4.18. The summed E-state index contributed by atoms with van der Waals surface area (Å²) in [7, 11) is 3.22. The molecule has 0 atom stereocenters. The normalized spacial score (nSPS) is 13.8. The molecule has 0 radical (unpaired) electrons. The van der Waals surface area contributed by atoms with Crippen molar-refractivity contribution in [3.63, 3.8) is 0 Å². The average Bonchev–Trinajstić information content (AvgIpc) is 3.21. The van der Waals surface area contributed by atoms with Gasteiger partial charge in [-0.15, -0.1) is 0 Å². The number of benzene rings is 2. The van der Waals surface area contributed by atoms with Crippen molar-refractivity contribution in [2.75, 3.05) is 50.7 Å². The van der Waals surface area contributed by atoms with Gasteiger partial charge in [-0.05, 0) is 44.2 Å². The number of morpholine rings is 1. The van der Waals surface area contributed by atoms with Crippen LogP contribution >= 0.6 is 0 Å². The molecule has 1 saturated heterocycles. The Hall–Kier alpha value is -3.85. The van der Waals surface area contributed by atoms with Gasteiger partial charge in [-0.25, -0.2) is 9.97 Å². The van der Waals surface area contributed by atoms with Crippen LogP contribution in [0.25, 0.3) is 22.3 Å². The Bertz CT molecular complexity index is 1290. The van der Waals surface area contributed by atoms with E-state index in [0.29, 0.717) is 28.9 Å². The fourth-order valence-electron chi connectivity index (χ4n) is 4.18. The van der Waals surface area contributed by atoms with Crippen LogP contribution in [0.5, 0.6) is 11.5 Å². The first kappa shape index (κ1) is 22.0. The van der Waals surface area contributed by atoms with Gasteiger partial charge in [-0.2, -0.15) is 0 Å². The summed E-state index contributed by atoms with van der Waals surface area (Å²) in [6.45, 7) is 7.03. The second kappa shape index (κ2) is 9.18. The highest BCUT2D eigenvalue weighted by Gasteiger charge is 2.19. The third-order valence-corrected chi connectivity index (χ3v) is 5.96. The molecule has 34 heavy (non-hydrogen) atoms. The summed E-state index contributed by atoms with van der Waals surface area (Å²) in [5, 5.41) is 8.34. The zero-order valence-corrected chi connectivity index (χ0v) is 19.7. The fraction of sp³-hybridized carbons (Fsp3) is 0.320. The van der Waals surface area contributed by atoms with Crippen LogP contribution in [0.3, 0.4) is 0 Å². The minimum atomic E-state index is 0.531. The van der Waals surface area contributed by atoms with Gasteiger partial charge in [0.05, 0.1) is 44.2 Å². The molecule has 0 amide bonds. The Morgan fingerprint density at radius 1 is 0.941 bits per heavy atom. The molecule has 0 saturated carbocycles. The third-order valence-electron chi connectivity index (χ3n) is 5.96. The topological polar surface area (TPSA) is 94.8 Å². The number of aromatic nitrogens is 3. The highest BCUT2D eigenvalue weighted by atomic mass is 16.5. The molecule has 0 bridgehead atoms. The second-order valence-corrected chi connectivity index (χ2v) is 8.09. The number of anilines is 3. The number of nitrogens with zero attached hydrogens (tertiary/aromatic N) is 4. The quantitative estimate of drug-likeness (QED) is 0.445. The summed E-state index contributed by atoms with van der Waals surface area (Å²) in [6.07, 6.45) is 0. The Labute approximate surface area is 197 Å². The summed E-state index contributed by atoms with van der Waals surface area (Å²) in [6, 6.07) is 12.1. The van der Waals surface area contributed by atoms with Crippen LogP contribution in [0, 0.1) is 13.8 Å². The molecule has 9 nitrogen and oxygen atoms in total. The number of fused-ring (bicyclic) bond motifs is 1. The predicted octanol–water partition coefficient (Wildman–Crippen LogP) is 4.50. The number of rotatable bonds is 6. The van der Waals surface area contributed by atoms with E-state index in [4.69, 9.17) is 28.7 Å². The van der Waals surface area contributed by atoms with Gasteiger partial charge in [0, 0.05) is 35.9 Å². The van der Waals surface area contributed by atoms with E-state index in [2.05, 4.69) is 39.6 Å². The summed E-state index contributed by atoms with van der Waals surface area (Å²) >= 11 is 0. The van der Waals surface area contributed by atoms with Crippen molar-refractivity contribution in [1.29, 1.82) is 0 Å². The molecule has 1 aliphatic rings. The molecular weight excluding hydrogens is 434 g/mol. The number of hydrogen-bond acceptors (Lipinski definition) is 9. The van der Waals surface area contributed by atoms with Gasteiger partial charge in [0.1, 0.15) is 11.6 Å². The van der Waals surface area contributed by atoms with Crippen LogP contribution in [0.1, 0.15) is 11.5 Å². The van der Waals surface area contributed by atoms with E-state index in [1.54, 1.807) is 14.2 Å². The number of aryl methyl sites for hydroxylation is 2. The Kier molecular flexibility index (Phi) is 5.93. The summed E-state index contributed by atoms with van der Waals surface area (Å²) < 4.78 is 21.8. The van der Waals surface area contributed by atoms with Gasteiger partial charge in [-0.1, -0.05) is 5.16 Å². The molecule has 0 spiro atoms. The standard InChI is InChI=1S/C25H27N5O4/c1-15-23(16(2)34-29-15)25-27-20-14-22(32-4)21(31-3)13-19(20)24(28-25)26-17-5-7-18(8-6-17)30-9-11-33-12-10-30/h5-8,13-14H,9-12H2,1-4H3,(H,26,27,28). The molecule has 4 aromatic rings. The number of ether oxygens (including phenoxy) is 3. The molecule has 5 rings (SSSR count). The highest BCUT2D eigenvalue weighted by Crippen LogP contribution is 2.37.